The number of likely N-dealkylation sites (N-methyl/N-ethyl adjacent to an activating group) is 3. The molecule has 0 aromatic heterocycles. The smallest absolute Gasteiger partial charge is 0.409 e. The number of nitrogens with zero attached hydrogens (tertiary/aromatic N) is 5. The lowest BCUT2D eigenvalue weighted by atomic mass is 9.83. The van der Waals surface area contributed by atoms with Crippen molar-refractivity contribution in [2.24, 2.45) is 52.6 Å². The number of ether oxygens (including phenoxy) is 4. The van der Waals surface area contributed by atoms with E-state index in [0.717, 1.165) is 24.0 Å². The molecule has 3 fully saturated rings. The Morgan fingerprint density at radius 2 is 1.40 bits per heavy atom. The molecule has 2 aliphatic heterocycles. The van der Waals surface area contributed by atoms with Gasteiger partial charge in [0.05, 0.1) is 67.1 Å². The van der Waals surface area contributed by atoms with Gasteiger partial charge in [0.25, 0.3) is 0 Å². The summed E-state index contributed by atoms with van der Waals surface area (Å²) in [5.74, 6) is -5.66. The van der Waals surface area contributed by atoms with Gasteiger partial charge < -0.3 is 60.6 Å². The van der Waals surface area contributed by atoms with Crippen molar-refractivity contribution in [2.75, 3.05) is 87.9 Å². The number of nitrogens with two attached hydrogens (primary N) is 1. The summed E-state index contributed by atoms with van der Waals surface area (Å²) < 4.78 is 23.8. The third kappa shape index (κ3) is 29.2. The second kappa shape index (κ2) is 46.6. The Labute approximate surface area is 679 Å². The van der Waals surface area contributed by atoms with Gasteiger partial charge in [-0.2, -0.15) is 0 Å². The second-order valence-electron chi connectivity index (χ2n) is 33.1. The van der Waals surface area contributed by atoms with E-state index in [1.165, 1.54) is 47.7 Å². The highest BCUT2D eigenvalue weighted by molar-refractivity contribution is 8.00. The lowest BCUT2D eigenvalue weighted by Gasteiger charge is -2.41. The molecule has 10 amide bonds. The Balaban J connectivity index is 1.17. The average Bonchev–Trinajstić information content (AvgIpc) is 1.58. The number of thioether (sulfide) groups is 1. The maximum atomic E-state index is 15.1. The molecule has 5 rings (SSSR count). The number of primary amides is 1. The van der Waals surface area contributed by atoms with Gasteiger partial charge in [-0.05, 0) is 112 Å². The zero-order valence-corrected chi connectivity index (χ0v) is 71.8. The van der Waals surface area contributed by atoms with Gasteiger partial charge in [-0.3, -0.25) is 67.3 Å². The van der Waals surface area contributed by atoms with E-state index in [0.29, 0.717) is 67.4 Å². The molecule has 2 aromatic rings. The number of alkyl carbamates (subject to hydrolysis) is 1. The normalized spacial score (nSPS) is 18.3. The minimum absolute atomic E-state index is 0.00982. The van der Waals surface area contributed by atoms with E-state index in [-0.39, 0.29) is 173 Å². The Morgan fingerprint density at radius 3 is 1.99 bits per heavy atom. The number of methoxy groups -OCH3 is 2. The highest BCUT2D eigenvalue weighted by Crippen LogP contribution is 2.52. The fourth-order valence-electron chi connectivity index (χ4n) is 15.6. The molecule has 2 heterocycles. The standard InChI is InChI=1S/C85H132N10O18S/c1-19-55(9)77(93(16)81(106)64(52(4)5)43-68(98)76(53(6)7)91(13)14)70(110-17)44-74(102)95-48-61(42-66(95)78(111-18)57(11)79(104)89-47-69(99)62-33-28-54(8)39-56(62)10)113-83(108)88-36-38-92(15)84(109)112-49-59-31-29-58(30-32-59)40-67(97)65(26-22-23-27-72(86)100)90-80(105)63(51(2)3)41-60(96)25-21-20-24-37-94-75(103)45-71(82(94)107)114-50-85(34-35-85)46-73(101)87-12/h28-33,39,51-53,55,57,61,63-66,70-71,76-78H,19-27,34-38,40-50H2,1-18H3,(H2,86,100)(H,87,101)(H,88,108)(H,89,104)(H,90,105)/t55-,57+,61-,63-,64-,65-,66-,70+,71?,76-,77-,78+/m0/s1. The molecule has 12 atom stereocenters. The summed E-state index contributed by atoms with van der Waals surface area (Å²) in [6.07, 6.45) is 1.31. The lowest BCUT2D eigenvalue weighted by molar-refractivity contribution is -0.149. The van der Waals surface area contributed by atoms with Gasteiger partial charge in [-0.1, -0.05) is 130 Å². The number of likely N-dealkylation sites (tertiary alicyclic amines) is 2. The van der Waals surface area contributed by atoms with Crippen LogP contribution in [-0.2, 0) is 84.7 Å². The molecule has 0 bridgehead atoms. The summed E-state index contributed by atoms with van der Waals surface area (Å²) in [6, 6.07) is 9.43. The number of imide groups is 1. The molecule has 2 saturated heterocycles. The van der Waals surface area contributed by atoms with Crippen molar-refractivity contribution in [3.05, 3.63) is 70.3 Å². The zero-order valence-electron chi connectivity index (χ0n) is 70.9. The first-order chi connectivity index (χ1) is 53.8. The number of rotatable bonds is 51. The highest BCUT2D eigenvalue weighted by Gasteiger charge is 2.49. The van der Waals surface area contributed by atoms with Gasteiger partial charge in [-0.25, -0.2) is 9.59 Å². The number of ketones is 4. The SMILES string of the molecule is CC[C@H](C)[C@@H]([C@@H](CC(=O)N1C[C@@H](OC(=O)NCCN(C)C(=O)OCc2ccc(CC(=O)[C@H](CCCCC(N)=O)NC(=O)[C@@H](CC(=O)CCCCCN3C(=O)CC(SCC4(CC(=O)NC)CC4)C3=O)C(C)C)cc2)C[C@H]1[C@H](OC)[C@@H](C)C(=O)NCC(=O)c1ccc(C)cc1C)OC)N(C)C(=O)[C@@H](CC(=O)[C@H](C(C)C)N(C)C)C(C)C. The summed E-state index contributed by atoms with van der Waals surface area (Å²) in [5, 5.41) is 10.6. The number of aryl methyl sites for hydroxylation is 2. The quantitative estimate of drug-likeness (QED) is 0.0235. The number of carbonyl (C=O) groups excluding carboxylic acids is 14. The van der Waals surface area contributed by atoms with Gasteiger partial charge in [0.2, 0.25) is 47.3 Å². The molecule has 636 valence electrons. The first kappa shape index (κ1) is 96.4. The van der Waals surface area contributed by atoms with E-state index in [9.17, 15) is 62.3 Å². The van der Waals surface area contributed by atoms with Crippen molar-refractivity contribution >= 4 is 94.3 Å². The molecule has 1 aliphatic carbocycles. The molecular weight excluding hydrogens is 1480 g/mol. The van der Waals surface area contributed by atoms with Gasteiger partial charge in [0, 0.05) is 130 Å². The predicted octanol–water partition coefficient (Wildman–Crippen LogP) is 8.52. The third-order valence-electron chi connectivity index (χ3n) is 22.9. The van der Waals surface area contributed by atoms with E-state index < -0.39 is 101 Å². The molecule has 29 heteroatoms. The summed E-state index contributed by atoms with van der Waals surface area (Å²) in [5.41, 5.74) is 8.71. The van der Waals surface area contributed by atoms with Crippen molar-refractivity contribution in [3.8, 4) is 0 Å². The van der Waals surface area contributed by atoms with Crippen molar-refractivity contribution in [2.45, 2.75) is 246 Å². The monoisotopic (exact) mass is 1610 g/mol. The Morgan fingerprint density at radius 1 is 0.746 bits per heavy atom. The first-order valence-electron chi connectivity index (χ1n) is 40.7. The zero-order chi connectivity index (χ0) is 85.0. The van der Waals surface area contributed by atoms with Gasteiger partial charge >= 0.3 is 12.2 Å². The van der Waals surface area contributed by atoms with Crippen LogP contribution in [0.1, 0.15) is 204 Å². The van der Waals surface area contributed by atoms with E-state index in [1.54, 1.807) is 56.3 Å². The maximum absolute atomic E-state index is 15.1. The number of hydrogen-bond donors (Lipinski definition) is 5. The first-order valence-corrected chi connectivity index (χ1v) is 41.7. The minimum Gasteiger partial charge on any atom is -0.445 e. The topological polar surface area (TPSA) is 366 Å². The van der Waals surface area contributed by atoms with E-state index >= 15 is 4.79 Å². The summed E-state index contributed by atoms with van der Waals surface area (Å²) >= 11 is 1.45. The van der Waals surface area contributed by atoms with Crippen molar-refractivity contribution < 1.29 is 86.1 Å². The number of carbonyl (C=O) groups is 14. The van der Waals surface area contributed by atoms with E-state index in [4.69, 9.17) is 24.7 Å². The molecule has 28 nitrogen and oxygen atoms in total. The summed E-state index contributed by atoms with van der Waals surface area (Å²) in [4.78, 5) is 197. The predicted molar refractivity (Wildman–Crippen MR) is 435 cm³/mol. The molecule has 1 saturated carbocycles. The number of hydrogen-bond acceptors (Lipinski definition) is 20. The number of unbranched alkanes of at least 4 members (excludes halogenated alkanes) is 3. The van der Waals surface area contributed by atoms with Crippen LogP contribution in [0.15, 0.2) is 42.5 Å². The molecule has 2 aromatic carbocycles. The summed E-state index contributed by atoms with van der Waals surface area (Å²) in [6.45, 7) is 20.4. The van der Waals surface area contributed by atoms with Crippen molar-refractivity contribution in [3.63, 3.8) is 0 Å². The Kier molecular flexibility index (Phi) is 39.4. The number of Topliss-reactive ketones (excluding diaryl/α,β-unsaturated/α-hetero) is 4. The van der Waals surface area contributed by atoms with Crippen LogP contribution < -0.4 is 27.0 Å². The number of nitrogens with one attached hydrogen (secondary N) is 4. The van der Waals surface area contributed by atoms with Crippen LogP contribution in [0.2, 0.25) is 0 Å². The van der Waals surface area contributed by atoms with Crippen LogP contribution in [0.4, 0.5) is 9.59 Å². The van der Waals surface area contributed by atoms with Crippen molar-refractivity contribution in [1.29, 1.82) is 0 Å². The summed E-state index contributed by atoms with van der Waals surface area (Å²) in [7, 11) is 11.4. The van der Waals surface area contributed by atoms with Crippen LogP contribution >= 0.6 is 11.8 Å². The second-order valence-corrected chi connectivity index (χ2v) is 34.3. The minimum atomic E-state index is -0.977. The van der Waals surface area contributed by atoms with Gasteiger partial charge in [-0.15, -0.1) is 11.8 Å². The number of benzene rings is 2. The highest BCUT2D eigenvalue weighted by atomic mass is 32.2. The van der Waals surface area contributed by atoms with Crippen LogP contribution in [0.3, 0.4) is 0 Å². The Bertz CT molecular complexity index is 3610. The molecule has 1 unspecified atom stereocenters. The van der Waals surface area contributed by atoms with Crippen LogP contribution in [0, 0.1) is 60.7 Å². The largest absolute Gasteiger partial charge is 0.445 e. The lowest BCUT2D eigenvalue weighted by Crippen LogP contribution is -2.54. The molecule has 3 aliphatic rings. The van der Waals surface area contributed by atoms with E-state index in [2.05, 4.69) is 21.3 Å². The van der Waals surface area contributed by atoms with Crippen molar-refractivity contribution in [1.82, 2.24) is 45.8 Å². The molecule has 0 spiro atoms. The third-order valence-corrected chi connectivity index (χ3v) is 24.4. The fraction of sp³-hybridized carbons (Fsp3) is 0.694. The Hall–Kier alpha value is -8.15. The molecule has 6 N–H and O–H groups in total. The van der Waals surface area contributed by atoms with E-state index in [1.807, 2.05) is 100 Å². The molecule has 0 radical (unpaired) electrons. The fourth-order valence-corrected chi connectivity index (χ4v) is 17.1. The van der Waals surface area contributed by atoms with Crippen LogP contribution in [0.5, 0.6) is 0 Å². The van der Waals surface area contributed by atoms with Crippen LogP contribution in [-0.4, -0.2) is 243 Å². The maximum Gasteiger partial charge on any atom is 0.409 e. The number of amides is 10. The molecule has 114 heavy (non-hydrogen) atoms. The van der Waals surface area contributed by atoms with Crippen LogP contribution in [0.25, 0.3) is 0 Å². The molecular formula is C85H132N10O18S. The average molecular weight is 1610 g/mol. The van der Waals surface area contributed by atoms with Gasteiger partial charge in [0.1, 0.15) is 18.5 Å². The van der Waals surface area contributed by atoms with Gasteiger partial charge in [0.15, 0.2) is 17.3 Å².